The molecule has 0 bridgehead atoms. The topological polar surface area (TPSA) is 81.3 Å². The van der Waals surface area contributed by atoms with Crippen molar-refractivity contribution in [1.82, 2.24) is 19.2 Å². The maximum Gasteiger partial charge on any atom is 0.416 e. The molecule has 1 aromatic carbocycles. The monoisotopic (exact) mass is 481 g/mol. The van der Waals surface area contributed by atoms with Crippen LogP contribution in [0.2, 0.25) is 5.02 Å². The van der Waals surface area contributed by atoms with E-state index in [0.29, 0.717) is 5.65 Å². The third kappa shape index (κ3) is 3.55. The second-order valence-corrected chi connectivity index (χ2v) is 9.00. The van der Waals surface area contributed by atoms with E-state index < -0.39 is 29.9 Å². The van der Waals surface area contributed by atoms with Crippen molar-refractivity contribution in [2.75, 3.05) is 5.32 Å². The van der Waals surface area contributed by atoms with Gasteiger partial charge in [0.2, 0.25) is 5.91 Å². The summed E-state index contributed by atoms with van der Waals surface area (Å²) in [6.07, 6.45) is 0.800. The maximum atomic E-state index is 13.0. The number of aromatic nitrogens is 4. The fraction of sp³-hybridized carbons (Fsp3) is 0.300. The number of thiophene rings is 1. The fourth-order valence-corrected chi connectivity index (χ4v) is 5.29. The average Bonchev–Trinajstić information content (AvgIpc) is 3.26. The minimum Gasteiger partial charge on any atom is -0.323 e. The minimum atomic E-state index is -4.58. The summed E-state index contributed by atoms with van der Waals surface area (Å²) >= 11 is 7.52. The third-order valence-corrected chi connectivity index (χ3v) is 6.93. The van der Waals surface area contributed by atoms with E-state index >= 15 is 0 Å². The van der Waals surface area contributed by atoms with E-state index in [0.717, 1.165) is 64.3 Å². The van der Waals surface area contributed by atoms with Gasteiger partial charge in [0.15, 0.2) is 5.65 Å². The number of nitrogens with one attached hydrogen (secondary N) is 1. The van der Waals surface area contributed by atoms with Gasteiger partial charge in [-0.05, 0) is 49.4 Å². The Morgan fingerprint density at radius 3 is 2.81 bits per heavy atom. The predicted molar refractivity (Wildman–Crippen MR) is 114 cm³/mol. The second kappa shape index (κ2) is 7.59. The summed E-state index contributed by atoms with van der Waals surface area (Å²) < 4.78 is 41.1. The van der Waals surface area contributed by atoms with Crippen molar-refractivity contribution >= 4 is 50.4 Å². The molecule has 3 aromatic heterocycles. The van der Waals surface area contributed by atoms with E-state index in [1.807, 2.05) is 0 Å². The van der Waals surface area contributed by atoms with E-state index in [1.54, 1.807) is 11.3 Å². The molecule has 1 aliphatic rings. The SMILES string of the molecule is O=C(Cn1nc2c3c4c(sc3ncn2c1=O)CCCC4)Nc1cc(C(F)(F)F)ccc1Cl. The Morgan fingerprint density at radius 2 is 2.03 bits per heavy atom. The van der Waals surface area contributed by atoms with E-state index in [-0.39, 0.29) is 10.7 Å². The van der Waals surface area contributed by atoms with Crippen LogP contribution in [0.1, 0.15) is 28.8 Å². The molecule has 0 atom stereocenters. The molecular weight excluding hydrogens is 467 g/mol. The Hall–Kier alpha value is -2.92. The molecule has 0 radical (unpaired) electrons. The molecule has 4 aromatic rings. The van der Waals surface area contributed by atoms with Crippen LogP contribution in [0.15, 0.2) is 29.3 Å². The molecule has 5 rings (SSSR count). The number of nitrogens with zero attached hydrogens (tertiary/aromatic N) is 4. The first-order chi connectivity index (χ1) is 15.2. The van der Waals surface area contributed by atoms with Gasteiger partial charge in [-0.2, -0.15) is 13.2 Å². The van der Waals surface area contributed by atoms with Crippen LogP contribution in [0.25, 0.3) is 15.9 Å². The van der Waals surface area contributed by atoms with Crippen molar-refractivity contribution in [2.24, 2.45) is 0 Å². The number of halogens is 4. The first-order valence-electron chi connectivity index (χ1n) is 9.77. The molecule has 0 saturated carbocycles. The number of aryl methyl sites for hydroxylation is 2. The maximum absolute atomic E-state index is 13.0. The average molecular weight is 482 g/mol. The fourth-order valence-electron chi connectivity index (χ4n) is 3.90. The summed E-state index contributed by atoms with van der Waals surface area (Å²) in [7, 11) is 0. The Labute approximate surface area is 187 Å². The summed E-state index contributed by atoms with van der Waals surface area (Å²) in [6.45, 7) is -0.485. The number of carbonyl (C=O) groups is 1. The van der Waals surface area contributed by atoms with Crippen LogP contribution in [0.5, 0.6) is 0 Å². The van der Waals surface area contributed by atoms with Gasteiger partial charge in [0.05, 0.1) is 21.7 Å². The first kappa shape index (κ1) is 21.0. The van der Waals surface area contributed by atoms with E-state index in [2.05, 4.69) is 15.4 Å². The number of rotatable bonds is 3. The van der Waals surface area contributed by atoms with Crippen LogP contribution in [0, 0.1) is 0 Å². The van der Waals surface area contributed by atoms with Crippen molar-refractivity contribution in [3.8, 4) is 0 Å². The molecule has 0 saturated heterocycles. The number of fused-ring (bicyclic) bond motifs is 5. The normalized spacial score (nSPS) is 14.1. The zero-order chi connectivity index (χ0) is 22.6. The van der Waals surface area contributed by atoms with Crippen LogP contribution in [0.4, 0.5) is 18.9 Å². The smallest absolute Gasteiger partial charge is 0.323 e. The van der Waals surface area contributed by atoms with Gasteiger partial charge in [-0.3, -0.25) is 4.79 Å². The van der Waals surface area contributed by atoms with Crippen LogP contribution in [0.3, 0.4) is 0 Å². The highest BCUT2D eigenvalue weighted by Crippen LogP contribution is 2.37. The molecular formula is C20H15ClF3N5O2S. The number of carbonyl (C=O) groups excluding carboxylic acids is 1. The Kier molecular flexibility index (Phi) is 4.97. The first-order valence-corrected chi connectivity index (χ1v) is 11.0. The zero-order valence-corrected chi connectivity index (χ0v) is 17.9. The van der Waals surface area contributed by atoms with Crippen LogP contribution in [-0.4, -0.2) is 25.1 Å². The summed E-state index contributed by atoms with van der Waals surface area (Å²) in [4.78, 5) is 31.7. The summed E-state index contributed by atoms with van der Waals surface area (Å²) in [6, 6.07) is 2.63. The lowest BCUT2D eigenvalue weighted by atomic mass is 9.97. The lowest BCUT2D eigenvalue weighted by Crippen LogP contribution is -2.28. The van der Waals surface area contributed by atoms with Crippen molar-refractivity contribution in [1.29, 1.82) is 0 Å². The highest BCUT2D eigenvalue weighted by molar-refractivity contribution is 7.19. The van der Waals surface area contributed by atoms with Gasteiger partial charge in [-0.1, -0.05) is 11.6 Å². The largest absolute Gasteiger partial charge is 0.416 e. The number of hydrogen-bond acceptors (Lipinski definition) is 5. The standard InChI is InChI=1S/C20H15ClF3N5O2S/c21-12-6-5-10(20(22,23)24)7-13(12)26-15(30)8-29-19(31)28-9-25-18-16(17(28)27-29)11-3-1-2-4-14(11)32-18/h5-7,9H,1-4,8H2,(H,26,30). The van der Waals surface area contributed by atoms with Crippen molar-refractivity contribution in [2.45, 2.75) is 38.4 Å². The Bertz CT molecular complexity index is 1440. The molecule has 0 fully saturated rings. The van der Waals surface area contributed by atoms with Crippen LogP contribution in [-0.2, 0) is 30.4 Å². The molecule has 0 aliphatic heterocycles. The highest BCUT2D eigenvalue weighted by Gasteiger charge is 2.31. The van der Waals surface area contributed by atoms with Crippen molar-refractivity contribution in [3.63, 3.8) is 0 Å². The number of hydrogen-bond donors (Lipinski definition) is 1. The Morgan fingerprint density at radius 1 is 1.25 bits per heavy atom. The summed E-state index contributed by atoms with van der Waals surface area (Å²) in [5.74, 6) is -0.728. The molecule has 12 heteroatoms. The van der Waals surface area contributed by atoms with Crippen molar-refractivity contribution < 1.29 is 18.0 Å². The lowest BCUT2D eigenvalue weighted by molar-refractivity contribution is -0.137. The number of amides is 1. The van der Waals surface area contributed by atoms with Gasteiger partial charge in [0.25, 0.3) is 0 Å². The van der Waals surface area contributed by atoms with Gasteiger partial charge in [-0.15, -0.1) is 16.4 Å². The molecule has 1 N–H and O–H groups in total. The van der Waals surface area contributed by atoms with E-state index in [4.69, 9.17) is 11.6 Å². The molecule has 32 heavy (non-hydrogen) atoms. The highest BCUT2D eigenvalue weighted by atomic mass is 35.5. The molecule has 3 heterocycles. The molecule has 7 nitrogen and oxygen atoms in total. The van der Waals surface area contributed by atoms with Gasteiger partial charge < -0.3 is 5.32 Å². The molecule has 1 amide bonds. The molecule has 0 spiro atoms. The van der Waals surface area contributed by atoms with Gasteiger partial charge in [-0.25, -0.2) is 18.9 Å². The lowest BCUT2D eigenvalue weighted by Gasteiger charge is -2.11. The third-order valence-electron chi connectivity index (χ3n) is 5.40. The second-order valence-electron chi connectivity index (χ2n) is 7.51. The number of benzene rings is 1. The quantitative estimate of drug-likeness (QED) is 0.473. The molecule has 0 unspecified atom stereocenters. The molecule has 1 aliphatic carbocycles. The van der Waals surface area contributed by atoms with Gasteiger partial charge in [0, 0.05) is 4.88 Å². The predicted octanol–water partition coefficient (Wildman–Crippen LogP) is 4.30. The minimum absolute atomic E-state index is 0.0514. The number of anilines is 1. The Balaban J connectivity index is 1.48. The van der Waals surface area contributed by atoms with E-state index in [9.17, 15) is 22.8 Å². The van der Waals surface area contributed by atoms with Gasteiger partial charge in [0.1, 0.15) is 17.7 Å². The summed E-state index contributed by atoms with van der Waals surface area (Å²) in [5.41, 5.74) is -0.136. The van der Waals surface area contributed by atoms with Crippen molar-refractivity contribution in [3.05, 3.63) is 56.0 Å². The number of alkyl halides is 3. The van der Waals surface area contributed by atoms with Gasteiger partial charge >= 0.3 is 11.9 Å². The van der Waals surface area contributed by atoms with Crippen LogP contribution < -0.4 is 11.0 Å². The molecule has 166 valence electrons. The van der Waals surface area contributed by atoms with E-state index in [1.165, 1.54) is 15.6 Å². The summed E-state index contributed by atoms with van der Waals surface area (Å²) in [5, 5.41) is 7.45. The van der Waals surface area contributed by atoms with Crippen LogP contribution >= 0.6 is 22.9 Å². The zero-order valence-electron chi connectivity index (χ0n) is 16.4.